The second kappa shape index (κ2) is 6.40. The largest absolute Gasteiger partial charge is 0.493 e. The summed E-state index contributed by atoms with van der Waals surface area (Å²) in [5.41, 5.74) is 2.68. The third kappa shape index (κ3) is 3.56. The van der Waals surface area contributed by atoms with Crippen LogP contribution in [0, 0.1) is 13.8 Å². The predicted octanol–water partition coefficient (Wildman–Crippen LogP) is 2.92. The van der Waals surface area contributed by atoms with E-state index < -0.39 is 0 Å². The summed E-state index contributed by atoms with van der Waals surface area (Å²) in [5.74, 6) is 0.657. The Morgan fingerprint density at radius 3 is 2.59 bits per heavy atom. The molecule has 0 saturated carbocycles. The van der Waals surface area contributed by atoms with Crippen molar-refractivity contribution in [1.82, 2.24) is 0 Å². The molecule has 0 spiro atoms. The van der Waals surface area contributed by atoms with Crippen molar-refractivity contribution in [3.8, 4) is 5.75 Å². The van der Waals surface area contributed by atoms with E-state index in [0.717, 1.165) is 17.5 Å². The van der Waals surface area contributed by atoms with Gasteiger partial charge in [0.1, 0.15) is 12.4 Å². The highest BCUT2D eigenvalue weighted by atomic mass is 16.5. The molecule has 0 aliphatic heterocycles. The van der Waals surface area contributed by atoms with Gasteiger partial charge in [0.05, 0.1) is 12.2 Å². The molecule has 0 aliphatic rings. The second-order valence-electron chi connectivity index (χ2n) is 4.16. The van der Waals surface area contributed by atoms with E-state index in [-0.39, 0.29) is 12.4 Å². The molecule has 0 atom stereocenters. The van der Waals surface area contributed by atoms with Gasteiger partial charge in [0.2, 0.25) is 0 Å². The Morgan fingerprint density at radius 2 is 2.00 bits per heavy atom. The van der Waals surface area contributed by atoms with Crippen molar-refractivity contribution in [3.63, 3.8) is 0 Å². The minimum atomic E-state index is -0.0367. The minimum absolute atomic E-state index is 0.0367. The lowest BCUT2D eigenvalue weighted by Gasteiger charge is -2.14. The van der Waals surface area contributed by atoms with Gasteiger partial charge in [-0.1, -0.05) is 13.0 Å². The van der Waals surface area contributed by atoms with Gasteiger partial charge in [-0.15, -0.1) is 0 Å². The summed E-state index contributed by atoms with van der Waals surface area (Å²) in [6.45, 7) is 6.68. The molecule has 94 valence electrons. The molecule has 1 aromatic rings. The van der Waals surface area contributed by atoms with Crippen LogP contribution in [0.3, 0.4) is 0 Å². The Kier molecular flexibility index (Phi) is 5.16. The molecule has 17 heavy (non-hydrogen) atoms. The van der Waals surface area contributed by atoms with Crippen LogP contribution in [-0.2, 0) is 4.74 Å². The number of carbonyl (C=O) groups excluding carboxylic acids is 1. The van der Waals surface area contributed by atoms with Crippen LogP contribution in [0.2, 0.25) is 0 Å². The molecule has 0 aliphatic carbocycles. The van der Waals surface area contributed by atoms with Gasteiger partial charge in [0.15, 0.2) is 5.78 Å². The fraction of sp³-hybridized carbons (Fsp3) is 0.500. The van der Waals surface area contributed by atoms with Gasteiger partial charge in [-0.25, -0.2) is 0 Å². The average Bonchev–Trinajstić information content (AvgIpc) is 2.27. The average molecular weight is 236 g/mol. The molecule has 3 heteroatoms. The molecule has 0 unspecified atom stereocenters. The van der Waals surface area contributed by atoms with Crippen LogP contribution in [-0.4, -0.2) is 26.1 Å². The zero-order valence-electron chi connectivity index (χ0n) is 11.0. The lowest BCUT2D eigenvalue weighted by atomic mass is 10.0. The molecule has 1 rings (SSSR count). The Bertz CT molecular complexity index is 397. The Morgan fingerprint density at radius 1 is 1.29 bits per heavy atom. The number of carbonyl (C=O) groups is 1. The van der Waals surface area contributed by atoms with Crippen LogP contribution in [0.4, 0.5) is 0 Å². The van der Waals surface area contributed by atoms with Crippen molar-refractivity contribution in [1.29, 1.82) is 0 Å². The zero-order valence-corrected chi connectivity index (χ0v) is 11.0. The number of ether oxygens (including phenoxy) is 2. The summed E-state index contributed by atoms with van der Waals surface area (Å²) in [6, 6.07) is 3.88. The number of rotatable bonds is 6. The van der Waals surface area contributed by atoms with Crippen LogP contribution >= 0.6 is 0 Å². The SMILES string of the molecule is CCCOc1c(C)cc(C)cc1C(=O)COC. The molecule has 1 aromatic carbocycles. The summed E-state index contributed by atoms with van der Waals surface area (Å²) in [6.07, 6.45) is 0.922. The van der Waals surface area contributed by atoms with Gasteiger partial charge in [0, 0.05) is 7.11 Å². The first-order chi connectivity index (χ1) is 8.10. The first-order valence-electron chi connectivity index (χ1n) is 5.86. The van der Waals surface area contributed by atoms with Crippen LogP contribution < -0.4 is 4.74 Å². The Labute approximate surface area is 103 Å². The monoisotopic (exact) mass is 236 g/mol. The van der Waals surface area contributed by atoms with E-state index in [0.29, 0.717) is 17.9 Å². The van der Waals surface area contributed by atoms with Gasteiger partial charge in [-0.05, 0) is 37.5 Å². The maximum absolute atomic E-state index is 11.9. The normalized spacial score (nSPS) is 10.4. The third-order valence-corrected chi connectivity index (χ3v) is 2.45. The third-order valence-electron chi connectivity index (χ3n) is 2.45. The molecule has 0 amide bonds. The van der Waals surface area contributed by atoms with E-state index in [2.05, 4.69) is 0 Å². The Hall–Kier alpha value is -1.35. The number of hydrogen-bond donors (Lipinski definition) is 0. The lowest BCUT2D eigenvalue weighted by molar-refractivity contribution is 0.0843. The van der Waals surface area contributed by atoms with E-state index in [9.17, 15) is 4.79 Å². The highest BCUT2D eigenvalue weighted by Gasteiger charge is 2.15. The summed E-state index contributed by atoms with van der Waals surface area (Å²) in [5, 5.41) is 0. The van der Waals surface area contributed by atoms with Gasteiger partial charge >= 0.3 is 0 Å². The lowest BCUT2D eigenvalue weighted by Crippen LogP contribution is -2.11. The topological polar surface area (TPSA) is 35.5 Å². The Balaban J connectivity index is 3.10. The molecule has 0 fully saturated rings. The number of Topliss-reactive ketones (excluding diaryl/α,β-unsaturated/α-hetero) is 1. The van der Waals surface area contributed by atoms with Crippen LogP contribution in [0.1, 0.15) is 34.8 Å². The van der Waals surface area contributed by atoms with Crippen LogP contribution in [0.5, 0.6) is 5.75 Å². The number of aryl methyl sites for hydroxylation is 2. The predicted molar refractivity (Wildman–Crippen MR) is 67.9 cm³/mol. The van der Waals surface area contributed by atoms with E-state index in [4.69, 9.17) is 9.47 Å². The zero-order chi connectivity index (χ0) is 12.8. The van der Waals surface area contributed by atoms with Crippen molar-refractivity contribution in [3.05, 3.63) is 28.8 Å². The fourth-order valence-electron chi connectivity index (χ4n) is 1.77. The molecule has 0 saturated heterocycles. The highest BCUT2D eigenvalue weighted by Crippen LogP contribution is 2.26. The highest BCUT2D eigenvalue weighted by molar-refractivity contribution is 6.00. The smallest absolute Gasteiger partial charge is 0.192 e. The molecule has 0 N–H and O–H groups in total. The summed E-state index contributed by atoms with van der Waals surface area (Å²) < 4.78 is 10.6. The van der Waals surface area contributed by atoms with Crippen molar-refractivity contribution in [2.24, 2.45) is 0 Å². The van der Waals surface area contributed by atoms with Crippen molar-refractivity contribution in [2.75, 3.05) is 20.3 Å². The van der Waals surface area contributed by atoms with E-state index >= 15 is 0 Å². The molecular weight excluding hydrogens is 216 g/mol. The fourth-order valence-corrected chi connectivity index (χ4v) is 1.77. The van der Waals surface area contributed by atoms with E-state index in [1.54, 1.807) is 0 Å². The first-order valence-corrected chi connectivity index (χ1v) is 5.86. The summed E-state index contributed by atoms with van der Waals surface area (Å²) >= 11 is 0. The molecule has 0 bridgehead atoms. The second-order valence-corrected chi connectivity index (χ2v) is 4.16. The van der Waals surface area contributed by atoms with Gasteiger partial charge in [0.25, 0.3) is 0 Å². The first kappa shape index (κ1) is 13.7. The molecular formula is C14H20O3. The van der Waals surface area contributed by atoms with Crippen molar-refractivity contribution >= 4 is 5.78 Å². The summed E-state index contributed by atoms with van der Waals surface area (Å²) in [7, 11) is 1.52. The number of benzene rings is 1. The minimum Gasteiger partial charge on any atom is -0.493 e. The maximum atomic E-state index is 11.9. The molecule has 0 radical (unpaired) electrons. The van der Waals surface area contributed by atoms with Crippen LogP contribution in [0.25, 0.3) is 0 Å². The van der Waals surface area contributed by atoms with Gasteiger partial charge in [-0.3, -0.25) is 4.79 Å². The maximum Gasteiger partial charge on any atom is 0.192 e. The van der Waals surface area contributed by atoms with Crippen molar-refractivity contribution in [2.45, 2.75) is 27.2 Å². The number of ketones is 1. The number of hydrogen-bond acceptors (Lipinski definition) is 3. The van der Waals surface area contributed by atoms with Gasteiger partial charge < -0.3 is 9.47 Å². The van der Waals surface area contributed by atoms with Crippen molar-refractivity contribution < 1.29 is 14.3 Å². The summed E-state index contributed by atoms with van der Waals surface area (Å²) in [4.78, 5) is 11.9. The van der Waals surface area contributed by atoms with Gasteiger partial charge in [-0.2, -0.15) is 0 Å². The van der Waals surface area contributed by atoms with Crippen LogP contribution in [0.15, 0.2) is 12.1 Å². The van der Waals surface area contributed by atoms with E-state index in [1.807, 2.05) is 32.9 Å². The van der Waals surface area contributed by atoms with E-state index in [1.165, 1.54) is 7.11 Å². The molecule has 0 heterocycles. The molecule has 3 nitrogen and oxygen atoms in total. The standard InChI is InChI=1S/C14H20O3/c1-5-6-17-14-11(3)7-10(2)8-12(14)13(15)9-16-4/h7-8H,5-6,9H2,1-4H3. The number of methoxy groups -OCH3 is 1. The molecule has 0 aromatic heterocycles. The quantitative estimate of drug-likeness (QED) is 0.712.